The van der Waals surface area contributed by atoms with E-state index in [2.05, 4.69) is 9.97 Å². The van der Waals surface area contributed by atoms with E-state index in [1.54, 1.807) is 12.3 Å². The molecule has 2 heterocycles. The van der Waals surface area contributed by atoms with Gasteiger partial charge in [0, 0.05) is 17.1 Å². The van der Waals surface area contributed by atoms with Crippen LogP contribution in [0.4, 0.5) is 4.39 Å². The van der Waals surface area contributed by atoms with Gasteiger partial charge < -0.3 is 4.74 Å². The summed E-state index contributed by atoms with van der Waals surface area (Å²) in [6.07, 6.45) is 2.61. The molecule has 0 spiro atoms. The van der Waals surface area contributed by atoms with Crippen molar-refractivity contribution in [2.24, 2.45) is 0 Å². The highest BCUT2D eigenvalue weighted by atomic mass is 32.1. The molecule has 2 aromatic rings. The lowest BCUT2D eigenvalue weighted by atomic mass is 10.2. The summed E-state index contributed by atoms with van der Waals surface area (Å²) in [6, 6.07) is 1.32. The van der Waals surface area contributed by atoms with Crippen LogP contribution in [0.3, 0.4) is 0 Å². The molecule has 0 bridgehead atoms. The van der Waals surface area contributed by atoms with Crippen molar-refractivity contribution in [2.75, 3.05) is 6.61 Å². The first-order valence-corrected chi connectivity index (χ1v) is 5.82. The van der Waals surface area contributed by atoms with Crippen LogP contribution in [-0.2, 0) is 4.74 Å². The quantitative estimate of drug-likeness (QED) is 0.788. The summed E-state index contributed by atoms with van der Waals surface area (Å²) in [7, 11) is 0. The number of rotatable bonds is 3. The standard InChI is InChI=1S/C11H9FN2O2S/c1-2-16-11(15)10-14-9(6-17-10)7-3-8(12)5-13-4-7/h3-6H,2H2,1H3. The summed E-state index contributed by atoms with van der Waals surface area (Å²) in [4.78, 5) is 19.2. The number of pyridine rings is 1. The van der Waals surface area contributed by atoms with Gasteiger partial charge in [0.25, 0.3) is 0 Å². The molecular weight excluding hydrogens is 243 g/mol. The zero-order chi connectivity index (χ0) is 12.3. The first kappa shape index (κ1) is 11.7. The average molecular weight is 252 g/mol. The number of nitrogens with zero attached hydrogens (tertiary/aromatic N) is 2. The van der Waals surface area contributed by atoms with E-state index in [1.165, 1.54) is 12.3 Å². The van der Waals surface area contributed by atoms with Crippen LogP contribution in [0.2, 0.25) is 0 Å². The highest BCUT2D eigenvalue weighted by Crippen LogP contribution is 2.22. The van der Waals surface area contributed by atoms with E-state index in [9.17, 15) is 9.18 Å². The molecule has 6 heteroatoms. The van der Waals surface area contributed by atoms with E-state index in [1.807, 2.05) is 0 Å². The van der Waals surface area contributed by atoms with Crippen LogP contribution in [0.15, 0.2) is 23.8 Å². The number of aromatic nitrogens is 2. The van der Waals surface area contributed by atoms with Crippen molar-refractivity contribution in [3.63, 3.8) is 0 Å². The van der Waals surface area contributed by atoms with E-state index >= 15 is 0 Å². The highest BCUT2D eigenvalue weighted by molar-refractivity contribution is 7.11. The minimum absolute atomic E-state index is 0.256. The van der Waals surface area contributed by atoms with Crippen LogP contribution >= 0.6 is 11.3 Å². The van der Waals surface area contributed by atoms with Gasteiger partial charge in [0.1, 0.15) is 5.82 Å². The van der Waals surface area contributed by atoms with Crippen LogP contribution in [0, 0.1) is 5.82 Å². The average Bonchev–Trinajstić information content (AvgIpc) is 2.78. The molecule has 17 heavy (non-hydrogen) atoms. The van der Waals surface area contributed by atoms with Gasteiger partial charge in [0.05, 0.1) is 18.5 Å². The first-order chi connectivity index (χ1) is 8.20. The lowest BCUT2D eigenvalue weighted by Gasteiger charge is -1.97. The Hall–Kier alpha value is -1.82. The summed E-state index contributed by atoms with van der Waals surface area (Å²) in [6.45, 7) is 2.03. The molecule has 0 aliphatic rings. The predicted octanol–water partition coefficient (Wildman–Crippen LogP) is 2.52. The Bertz CT molecular complexity index is 542. The highest BCUT2D eigenvalue weighted by Gasteiger charge is 2.13. The van der Waals surface area contributed by atoms with Crippen LogP contribution in [0.5, 0.6) is 0 Å². The van der Waals surface area contributed by atoms with Gasteiger partial charge in [0.15, 0.2) is 0 Å². The third-order valence-electron chi connectivity index (χ3n) is 1.95. The minimum Gasteiger partial charge on any atom is -0.461 e. The van der Waals surface area contributed by atoms with Gasteiger partial charge in [-0.15, -0.1) is 11.3 Å². The number of carbonyl (C=O) groups excluding carboxylic acids is 1. The van der Waals surface area contributed by atoms with Crippen molar-refractivity contribution < 1.29 is 13.9 Å². The van der Waals surface area contributed by atoms with Gasteiger partial charge in [-0.05, 0) is 13.0 Å². The molecule has 0 aromatic carbocycles. The van der Waals surface area contributed by atoms with E-state index in [-0.39, 0.29) is 5.01 Å². The largest absolute Gasteiger partial charge is 0.461 e. The molecular formula is C11H9FN2O2S. The maximum atomic E-state index is 13.0. The van der Waals surface area contributed by atoms with E-state index in [0.29, 0.717) is 17.9 Å². The van der Waals surface area contributed by atoms with Crippen molar-refractivity contribution in [1.29, 1.82) is 0 Å². The summed E-state index contributed by atoms with van der Waals surface area (Å²) < 4.78 is 17.8. The van der Waals surface area contributed by atoms with Crippen molar-refractivity contribution in [2.45, 2.75) is 6.92 Å². The summed E-state index contributed by atoms with van der Waals surface area (Å²) in [5.41, 5.74) is 1.06. The SMILES string of the molecule is CCOC(=O)c1nc(-c2cncc(F)c2)cs1. The van der Waals surface area contributed by atoms with Crippen LogP contribution in [0.1, 0.15) is 16.7 Å². The van der Waals surface area contributed by atoms with Crippen LogP contribution in [-0.4, -0.2) is 22.5 Å². The van der Waals surface area contributed by atoms with Crippen molar-refractivity contribution >= 4 is 17.3 Å². The van der Waals surface area contributed by atoms with Gasteiger partial charge in [-0.25, -0.2) is 14.2 Å². The van der Waals surface area contributed by atoms with Gasteiger partial charge in [-0.3, -0.25) is 4.98 Å². The molecule has 0 unspecified atom stereocenters. The fourth-order valence-corrected chi connectivity index (χ4v) is 1.96. The third kappa shape index (κ3) is 2.65. The number of ether oxygens (including phenoxy) is 1. The second-order valence-electron chi connectivity index (χ2n) is 3.15. The Morgan fingerprint density at radius 3 is 3.06 bits per heavy atom. The Morgan fingerprint density at radius 2 is 2.35 bits per heavy atom. The Morgan fingerprint density at radius 1 is 1.53 bits per heavy atom. The Labute approximate surface area is 101 Å². The van der Waals surface area contributed by atoms with Gasteiger partial charge >= 0.3 is 5.97 Å². The number of halogens is 1. The molecule has 0 amide bonds. The zero-order valence-corrected chi connectivity index (χ0v) is 9.83. The molecule has 0 aliphatic heterocycles. The van der Waals surface area contributed by atoms with E-state index in [0.717, 1.165) is 17.5 Å². The first-order valence-electron chi connectivity index (χ1n) is 4.94. The van der Waals surface area contributed by atoms with Crippen molar-refractivity contribution in [3.05, 3.63) is 34.7 Å². The molecule has 0 radical (unpaired) electrons. The summed E-state index contributed by atoms with van der Waals surface area (Å²) in [5, 5.41) is 1.93. The Kier molecular flexibility index (Phi) is 3.43. The van der Waals surface area contributed by atoms with Crippen molar-refractivity contribution in [1.82, 2.24) is 9.97 Å². The molecule has 88 valence electrons. The second kappa shape index (κ2) is 5.01. The molecule has 0 saturated carbocycles. The smallest absolute Gasteiger partial charge is 0.367 e. The zero-order valence-electron chi connectivity index (χ0n) is 9.01. The number of hydrogen-bond donors (Lipinski definition) is 0. The van der Waals surface area contributed by atoms with E-state index < -0.39 is 11.8 Å². The summed E-state index contributed by atoms with van der Waals surface area (Å²) >= 11 is 1.16. The molecule has 0 atom stereocenters. The minimum atomic E-state index is -0.465. The fraction of sp³-hybridized carbons (Fsp3) is 0.182. The third-order valence-corrected chi connectivity index (χ3v) is 2.78. The lowest BCUT2D eigenvalue weighted by Crippen LogP contribution is -2.03. The molecule has 2 rings (SSSR count). The number of carbonyl (C=O) groups is 1. The second-order valence-corrected chi connectivity index (χ2v) is 4.01. The molecule has 0 saturated heterocycles. The summed E-state index contributed by atoms with van der Waals surface area (Å²) in [5.74, 6) is -0.902. The maximum Gasteiger partial charge on any atom is 0.367 e. The molecule has 0 fully saturated rings. The molecule has 0 N–H and O–H groups in total. The number of thiazole rings is 1. The number of hydrogen-bond acceptors (Lipinski definition) is 5. The van der Waals surface area contributed by atoms with E-state index in [4.69, 9.17) is 4.74 Å². The Balaban J connectivity index is 2.27. The van der Waals surface area contributed by atoms with Crippen LogP contribution < -0.4 is 0 Å². The fourth-order valence-electron chi connectivity index (χ4n) is 1.24. The maximum absolute atomic E-state index is 13.0. The van der Waals surface area contributed by atoms with Gasteiger partial charge in [0.2, 0.25) is 5.01 Å². The van der Waals surface area contributed by atoms with Crippen LogP contribution in [0.25, 0.3) is 11.3 Å². The molecule has 2 aromatic heterocycles. The predicted molar refractivity (Wildman–Crippen MR) is 61.3 cm³/mol. The normalized spacial score (nSPS) is 10.2. The lowest BCUT2D eigenvalue weighted by molar-refractivity contribution is 0.0526. The van der Waals surface area contributed by atoms with Gasteiger partial charge in [-0.2, -0.15) is 0 Å². The van der Waals surface area contributed by atoms with Crippen molar-refractivity contribution in [3.8, 4) is 11.3 Å². The topological polar surface area (TPSA) is 52.1 Å². The monoisotopic (exact) mass is 252 g/mol. The number of esters is 1. The van der Waals surface area contributed by atoms with Gasteiger partial charge in [-0.1, -0.05) is 0 Å². The molecule has 0 aliphatic carbocycles. The molecule has 4 nitrogen and oxygen atoms in total.